The van der Waals surface area contributed by atoms with E-state index in [9.17, 15) is 9.59 Å². The molecule has 24 heavy (non-hydrogen) atoms. The lowest BCUT2D eigenvalue weighted by Crippen LogP contribution is -2.38. The number of rotatable bonds is 6. The average molecular weight is 330 g/mol. The third kappa shape index (κ3) is 3.62. The number of esters is 2. The van der Waals surface area contributed by atoms with E-state index in [1.54, 1.807) is 10.9 Å². The van der Waals surface area contributed by atoms with Crippen molar-refractivity contribution in [1.29, 1.82) is 0 Å². The number of imidazole rings is 1. The molecule has 1 aromatic carbocycles. The molecule has 0 radical (unpaired) electrons. The summed E-state index contributed by atoms with van der Waals surface area (Å²) in [5.74, 6) is -1.20. The predicted octanol–water partition coefficient (Wildman–Crippen LogP) is 1.59. The van der Waals surface area contributed by atoms with Gasteiger partial charge in [0, 0.05) is 0 Å². The number of hydrogen-bond donors (Lipinski definition) is 0. The molecule has 7 heteroatoms. The van der Waals surface area contributed by atoms with Crippen LogP contribution >= 0.6 is 0 Å². The second-order valence-electron chi connectivity index (χ2n) is 5.50. The van der Waals surface area contributed by atoms with Crippen molar-refractivity contribution in [3.05, 3.63) is 54.1 Å². The van der Waals surface area contributed by atoms with Crippen molar-refractivity contribution in [2.45, 2.75) is 19.1 Å². The smallest absolute Gasteiger partial charge is 0.357 e. The minimum Gasteiger partial charge on any atom is -0.455 e. The maximum atomic E-state index is 12.2. The van der Waals surface area contributed by atoms with Crippen molar-refractivity contribution in [3.63, 3.8) is 0 Å². The first-order valence-corrected chi connectivity index (χ1v) is 7.66. The maximum Gasteiger partial charge on any atom is 0.357 e. The van der Waals surface area contributed by atoms with Gasteiger partial charge in [-0.25, -0.2) is 14.6 Å². The first-order chi connectivity index (χ1) is 11.6. The first kappa shape index (κ1) is 16.2. The highest BCUT2D eigenvalue weighted by atomic mass is 16.6. The molecule has 1 aliphatic heterocycles. The molecule has 1 saturated heterocycles. The van der Waals surface area contributed by atoms with Crippen molar-refractivity contribution >= 4 is 11.9 Å². The molecule has 126 valence electrons. The lowest BCUT2D eigenvalue weighted by atomic mass is 10.1. The van der Waals surface area contributed by atoms with Gasteiger partial charge in [0.15, 0.2) is 6.61 Å². The van der Waals surface area contributed by atoms with E-state index in [2.05, 4.69) is 4.98 Å². The van der Waals surface area contributed by atoms with Gasteiger partial charge in [0.05, 0.1) is 31.8 Å². The topological polar surface area (TPSA) is 79.7 Å². The Kier molecular flexibility index (Phi) is 4.90. The normalized spacial score (nSPS) is 15.4. The fourth-order valence-corrected chi connectivity index (χ4v) is 2.36. The molecular weight excluding hydrogens is 312 g/mol. The van der Waals surface area contributed by atoms with E-state index in [-0.39, 0.29) is 17.8 Å². The second kappa shape index (κ2) is 7.27. The van der Waals surface area contributed by atoms with Crippen LogP contribution in [0.25, 0.3) is 0 Å². The summed E-state index contributed by atoms with van der Waals surface area (Å²) in [6, 6.07) is 9.64. The Morgan fingerprint density at radius 1 is 1.33 bits per heavy atom. The lowest BCUT2D eigenvalue weighted by molar-refractivity contribution is -0.175. The van der Waals surface area contributed by atoms with E-state index in [1.807, 2.05) is 37.3 Å². The van der Waals surface area contributed by atoms with Crippen LogP contribution in [0.2, 0.25) is 0 Å². The molecule has 0 aliphatic carbocycles. The molecule has 0 spiro atoms. The fourth-order valence-electron chi connectivity index (χ4n) is 2.36. The van der Waals surface area contributed by atoms with Crippen LogP contribution in [-0.2, 0) is 19.0 Å². The third-order valence-corrected chi connectivity index (χ3v) is 3.80. The maximum absolute atomic E-state index is 12.2. The lowest BCUT2D eigenvalue weighted by Gasteiger charge is -2.25. The predicted molar refractivity (Wildman–Crippen MR) is 83.5 cm³/mol. The van der Waals surface area contributed by atoms with Gasteiger partial charge in [0.1, 0.15) is 11.8 Å². The molecule has 2 heterocycles. The Balaban J connectivity index is 1.61. The molecule has 1 atom stereocenters. The van der Waals surface area contributed by atoms with Crippen molar-refractivity contribution in [1.82, 2.24) is 9.55 Å². The average Bonchev–Trinajstić information content (AvgIpc) is 3.06. The highest BCUT2D eigenvalue weighted by Gasteiger charge is 2.24. The number of aromatic nitrogens is 2. The van der Waals surface area contributed by atoms with Gasteiger partial charge in [-0.15, -0.1) is 0 Å². The largest absolute Gasteiger partial charge is 0.455 e. The van der Waals surface area contributed by atoms with Gasteiger partial charge >= 0.3 is 11.9 Å². The summed E-state index contributed by atoms with van der Waals surface area (Å²) in [5.41, 5.74) is 1.32. The molecule has 7 nitrogen and oxygen atoms in total. The Morgan fingerprint density at radius 2 is 2.08 bits per heavy atom. The minimum atomic E-state index is -0.614. The summed E-state index contributed by atoms with van der Waals surface area (Å²) < 4.78 is 16.7. The second-order valence-corrected chi connectivity index (χ2v) is 5.50. The fraction of sp³-hybridized carbons (Fsp3) is 0.353. The minimum absolute atomic E-state index is 0.0877. The van der Waals surface area contributed by atoms with Crippen LogP contribution in [0.1, 0.15) is 29.0 Å². The molecule has 0 bridgehead atoms. The van der Waals surface area contributed by atoms with Crippen molar-refractivity contribution in [3.8, 4) is 0 Å². The highest BCUT2D eigenvalue weighted by Crippen LogP contribution is 2.19. The summed E-state index contributed by atoms with van der Waals surface area (Å²) in [6.07, 6.45) is 2.75. The van der Waals surface area contributed by atoms with Gasteiger partial charge in [-0.3, -0.25) is 0 Å². The van der Waals surface area contributed by atoms with Crippen molar-refractivity contribution in [2.24, 2.45) is 0 Å². The Hall–Kier alpha value is -2.67. The van der Waals surface area contributed by atoms with Crippen LogP contribution in [0, 0.1) is 0 Å². The summed E-state index contributed by atoms with van der Waals surface area (Å²) in [6.45, 7) is 2.31. The summed E-state index contributed by atoms with van der Waals surface area (Å²) >= 11 is 0. The molecule has 1 aliphatic rings. The van der Waals surface area contributed by atoms with E-state index >= 15 is 0 Å². The van der Waals surface area contributed by atoms with Gasteiger partial charge in [0.25, 0.3) is 0 Å². The molecule has 1 aromatic heterocycles. The Bertz CT molecular complexity index is 709. The molecule has 0 amide bonds. The highest BCUT2D eigenvalue weighted by molar-refractivity contribution is 5.89. The summed E-state index contributed by atoms with van der Waals surface area (Å²) in [7, 11) is 0. The SMILES string of the molecule is C[C@H](c1ccccc1)n1cncc1C(=O)OCC(=O)OC1COC1. The van der Waals surface area contributed by atoms with E-state index in [1.165, 1.54) is 6.20 Å². The van der Waals surface area contributed by atoms with Gasteiger partial charge in [-0.1, -0.05) is 30.3 Å². The van der Waals surface area contributed by atoms with Crippen molar-refractivity contribution < 1.29 is 23.8 Å². The molecule has 3 rings (SSSR count). The van der Waals surface area contributed by atoms with Gasteiger partial charge in [-0.2, -0.15) is 0 Å². The van der Waals surface area contributed by atoms with Crippen molar-refractivity contribution in [2.75, 3.05) is 19.8 Å². The van der Waals surface area contributed by atoms with E-state index in [4.69, 9.17) is 14.2 Å². The number of hydrogen-bond acceptors (Lipinski definition) is 6. The monoisotopic (exact) mass is 330 g/mol. The van der Waals surface area contributed by atoms with Crippen LogP contribution < -0.4 is 0 Å². The van der Waals surface area contributed by atoms with E-state index < -0.39 is 18.5 Å². The number of carbonyl (C=O) groups is 2. The van der Waals surface area contributed by atoms with Crippen LogP contribution in [0.5, 0.6) is 0 Å². The summed E-state index contributed by atoms with van der Waals surface area (Å²) in [5, 5.41) is 0. The van der Waals surface area contributed by atoms with Gasteiger partial charge in [-0.05, 0) is 12.5 Å². The standard InChI is InChI=1S/C17H18N2O5/c1-12(13-5-3-2-4-6-13)19-11-18-7-15(19)17(21)23-10-16(20)24-14-8-22-9-14/h2-7,11-12,14H,8-10H2,1H3/t12-/m1/s1. The number of ether oxygens (including phenoxy) is 3. The van der Waals surface area contributed by atoms with E-state index in [0.29, 0.717) is 13.2 Å². The molecule has 0 unspecified atom stereocenters. The van der Waals surface area contributed by atoms with Gasteiger partial charge in [0.2, 0.25) is 0 Å². The zero-order valence-corrected chi connectivity index (χ0v) is 13.3. The first-order valence-electron chi connectivity index (χ1n) is 7.66. The zero-order chi connectivity index (χ0) is 16.9. The summed E-state index contributed by atoms with van der Waals surface area (Å²) in [4.78, 5) is 27.8. The quantitative estimate of drug-likeness (QED) is 0.748. The van der Waals surface area contributed by atoms with Crippen LogP contribution in [0.15, 0.2) is 42.9 Å². The van der Waals surface area contributed by atoms with Gasteiger partial charge < -0.3 is 18.8 Å². The van der Waals surface area contributed by atoms with Crippen LogP contribution in [0.3, 0.4) is 0 Å². The number of nitrogens with zero attached hydrogens (tertiary/aromatic N) is 2. The van der Waals surface area contributed by atoms with Crippen LogP contribution in [0.4, 0.5) is 0 Å². The molecule has 0 saturated carbocycles. The van der Waals surface area contributed by atoms with E-state index in [0.717, 1.165) is 5.56 Å². The Labute approximate surface area is 139 Å². The molecule has 0 N–H and O–H groups in total. The third-order valence-electron chi connectivity index (χ3n) is 3.80. The van der Waals surface area contributed by atoms with Crippen LogP contribution in [-0.4, -0.2) is 47.4 Å². The zero-order valence-electron chi connectivity index (χ0n) is 13.3. The Morgan fingerprint density at radius 3 is 2.75 bits per heavy atom. The molecule has 1 fully saturated rings. The molecular formula is C17H18N2O5. The number of benzene rings is 1. The molecule has 2 aromatic rings. The number of carbonyl (C=O) groups excluding carboxylic acids is 2.